The summed E-state index contributed by atoms with van der Waals surface area (Å²) in [5, 5.41) is 0. The van der Waals surface area contributed by atoms with E-state index in [9.17, 15) is 0 Å². The third kappa shape index (κ3) is 5.53. The molecule has 0 aliphatic carbocycles. The predicted octanol–water partition coefficient (Wildman–Crippen LogP) is 1.09. The Hall–Kier alpha value is 0.230. The second-order valence-corrected chi connectivity index (χ2v) is 5.67. The van der Waals surface area contributed by atoms with Crippen LogP contribution in [0.1, 0.15) is 19.8 Å². The molecule has 0 amide bonds. The van der Waals surface area contributed by atoms with Crippen LogP contribution in [0.25, 0.3) is 0 Å². The van der Waals surface area contributed by atoms with Crippen molar-refractivity contribution in [2.45, 2.75) is 25.8 Å². The largest absolute Gasteiger partial charge is 0.327 e. The Bertz CT molecular complexity index is 170. The van der Waals surface area contributed by atoms with Crippen molar-refractivity contribution in [3.05, 3.63) is 0 Å². The predicted molar refractivity (Wildman–Crippen MR) is 74.1 cm³/mol. The quantitative estimate of drug-likeness (QED) is 0.728. The average molecular weight is 245 g/mol. The molecule has 2 N–H and O–H groups in total. The summed E-state index contributed by atoms with van der Waals surface area (Å²) in [6.45, 7) is 9.45. The zero-order valence-electron chi connectivity index (χ0n) is 10.8. The van der Waals surface area contributed by atoms with Gasteiger partial charge in [-0.2, -0.15) is 11.8 Å². The molecule has 0 aromatic heterocycles. The topological polar surface area (TPSA) is 32.5 Å². The van der Waals surface area contributed by atoms with Crippen molar-refractivity contribution < 1.29 is 0 Å². The first-order valence-corrected chi connectivity index (χ1v) is 7.85. The summed E-state index contributed by atoms with van der Waals surface area (Å²) in [5.41, 5.74) is 6.12. The van der Waals surface area contributed by atoms with Crippen molar-refractivity contribution in [1.29, 1.82) is 0 Å². The van der Waals surface area contributed by atoms with Gasteiger partial charge in [0.25, 0.3) is 0 Å². The maximum absolute atomic E-state index is 6.12. The van der Waals surface area contributed by atoms with Gasteiger partial charge in [0.05, 0.1) is 0 Å². The molecule has 0 radical (unpaired) electrons. The number of nitrogens with zero attached hydrogens (tertiary/aromatic N) is 2. The van der Waals surface area contributed by atoms with Crippen LogP contribution in [-0.2, 0) is 0 Å². The van der Waals surface area contributed by atoms with Gasteiger partial charge in [-0.05, 0) is 31.4 Å². The lowest BCUT2D eigenvalue weighted by Gasteiger charge is -2.35. The minimum Gasteiger partial charge on any atom is -0.327 e. The van der Waals surface area contributed by atoms with Crippen LogP contribution in [0.15, 0.2) is 0 Å². The van der Waals surface area contributed by atoms with E-state index in [1.54, 1.807) is 0 Å². The molecule has 0 saturated carbocycles. The molecule has 0 unspecified atom stereocenters. The summed E-state index contributed by atoms with van der Waals surface area (Å²) in [5.74, 6) is 1.19. The highest BCUT2D eigenvalue weighted by Crippen LogP contribution is 2.05. The van der Waals surface area contributed by atoms with Gasteiger partial charge in [-0.25, -0.2) is 0 Å². The van der Waals surface area contributed by atoms with Crippen LogP contribution in [0.3, 0.4) is 0 Å². The van der Waals surface area contributed by atoms with Crippen LogP contribution in [0.4, 0.5) is 0 Å². The molecule has 1 aliphatic heterocycles. The van der Waals surface area contributed by atoms with Gasteiger partial charge in [0.2, 0.25) is 0 Å². The molecular weight excluding hydrogens is 218 g/mol. The summed E-state index contributed by atoms with van der Waals surface area (Å²) in [4.78, 5) is 5.08. The van der Waals surface area contributed by atoms with Crippen molar-refractivity contribution in [3.8, 4) is 0 Å². The Morgan fingerprint density at radius 2 is 1.81 bits per heavy atom. The summed E-state index contributed by atoms with van der Waals surface area (Å²) >= 11 is 1.89. The van der Waals surface area contributed by atoms with Crippen LogP contribution in [0.5, 0.6) is 0 Å². The second kappa shape index (κ2) is 8.34. The fourth-order valence-electron chi connectivity index (χ4n) is 2.20. The molecule has 0 spiro atoms. The lowest BCUT2D eigenvalue weighted by atomic mass is 10.2. The Morgan fingerprint density at radius 1 is 1.19 bits per heavy atom. The third-order valence-electron chi connectivity index (χ3n) is 3.19. The number of rotatable bonds is 7. The van der Waals surface area contributed by atoms with E-state index in [0.717, 1.165) is 13.0 Å². The number of thioether (sulfide) groups is 1. The minimum atomic E-state index is 0.366. The zero-order valence-corrected chi connectivity index (χ0v) is 11.6. The first-order valence-electron chi connectivity index (χ1n) is 6.45. The monoisotopic (exact) mass is 245 g/mol. The highest BCUT2D eigenvalue weighted by atomic mass is 32.2. The van der Waals surface area contributed by atoms with Crippen LogP contribution >= 0.6 is 11.8 Å². The Labute approximate surface area is 105 Å². The Morgan fingerprint density at radius 3 is 2.38 bits per heavy atom. The van der Waals surface area contributed by atoms with E-state index in [-0.39, 0.29) is 0 Å². The lowest BCUT2D eigenvalue weighted by molar-refractivity contribution is 0.127. The van der Waals surface area contributed by atoms with Crippen LogP contribution in [-0.4, -0.2) is 67.1 Å². The van der Waals surface area contributed by atoms with Gasteiger partial charge >= 0.3 is 0 Å². The van der Waals surface area contributed by atoms with Crippen LogP contribution < -0.4 is 5.73 Å². The van der Waals surface area contributed by atoms with E-state index < -0.39 is 0 Å². The molecule has 1 heterocycles. The van der Waals surface area contributed by atoms with Crippen molar-refractivity contribution in [2.75, 3.05) is 51.3 Å². The van der Waals surface area contributed by atoms with Gasteiger partial charge < -0.3 is 10.6 Å². The molecule has 16 heavy (non-hydrogen) atoms. The summed E-state index contributed by atoms with van der Waals surface area (Å²) in [6, 6.07) is 0.366. The van der Waals surface area contributed by atoms with E-state index in [4.69, 9.17) is 5.73 Å². The van der Waals surface area contributed by atoms with Crippen LogP contribution in [0, 0.1) is 0 Å². The average Bonchev–Trinajstić information content (AvgIpc) is 2.29. The van der Waals surface area contributed by atoms with Crippen LogP contribution in [0.2, 0.25) is 0 Å². The molecule has 1 fully saturated rings. The van der Waals surface area contributed by atoms with Gasteiger partial charge in [-0.1, -0.05) is 6.92 Å². The molecule has 1 saturated heterocycles. The summed E-state index contributed by atoms with van der Waals surface area (Å²) in [7, 11) is 0. The fourth-order valence-corrected chi connectivity index (χ4v) is 2.74. The SMILES string of the molecule is CCCN1CCN(C[C@H](N)CCSC)CC1. The lowest BCUT2D eigenvalue weighted by Crippen LogP contribution is -2.49. The second-order valence-electron chi connectivity index (χ2n) is 4.68. The molecule has 0 aromatic carbocycles. The smallest absolute Gasteiger partial charge is 0.0175 e. The maximum Gasteiger partial charge on any atom is 0.0175 e. The molecule has 1 atom stereocenters. The summed E-state index contributed by atoms with van der Waals surface area (Å²) < 4.78 is 0. The molecule has 0 bridgehead atoms. The van der Waals surface area contributed by atoms with Crippen molar-refractivity contribution >= 4 is 11.8 Å². The zero-order chi connectivity index (χ0) is 11.8. The highest BCUT2D eigenvalue weighted by molar-refractivity contribution is 7.98. The molecule has 4 heteroatoms. The van der Waals surface area contributed by atoms with Gasteiger partial charge in [0.1, 0.15) is 0 Å². The van der Waals surface area contributed by atoms with Gasteiger partial charge in [-0.15, -0.1) is 0 Å². The standard InChI is InChI=1S/C12H27N3S/c1-3-5-14-6-8-15(9-7-14)11-12(13)4-10-16-2/h12H,3-11,13H2,1-2H3/t12-/m1/s1. The highest BCUT2D eigenvalue weighted by Gasteiger charge is 2.17. The normalized spacial score (nSPS) is 21.2. The van der Waals surface area contributed by atoms with E-state index in [2.05, 4.69) is 23.0 Å². The number of piperazine rings is 1. The van der Waals surface area contributed by atoms with Gasteiger partial charge in [-0.3, -0.25) is 4.90 Å². The molecule has 0 aromatic rings. The molecular formula is C12H27N3S. The fraction of sp³-hybridized carbons (Fsp3) is 1.00. The van der Waals surface area contributed by atoms with E-state index in [0.29, 0.717) is 6.04 Å². The molecule has 1 aliphatic rings. The molecule has 1 rings (SSSR count). The number of hydrogen-bond acceptors (Lipinski definition) is 4. The molecule has 96 valence electrons. The van der Waals surface area contributed by atoms with E-state index in [1.807, 2.05) is 11.8 Å². The summed E-state index contributed by atoms with van der Waals surface area (Å²) in [6.07, 6.45) is 4.57. The minimum absolute atomic E-state index is 0.366. The van der Waals surface area contributed by atoms with Crippen molar-refractivity contribution in [2.24, 2.45) is 5.73 Å². The Kier molecular flexibility index (Phi) is 7.45. The molecule has 3 nitrogen and oxygen atoms in total. The Balaban J connectivity index is 2.11. The van der Waals surface area contributed by atoms with Gasteiger partial charge in [0.15, 0.2) is 0 Å². The maximum atomic E-state index is 6.12. The van der Waals surface area contributed by atoms with Crippen molar-refractivity contribution in [3.63, 3.8) is 0 Å². The number of hydrogen-bond donors (Lipinski definition) is 1. The van der Waals surface area contributed by atoms with E-state index in [1.165, 1.54) is 44.9 Å². The number of nitrogens with two attached hydrogens (primary N) is 1. The van der Waals surface area contributed by atoms with Gasteiger partial charge in [0, 0.05) is 38.8 Å². The first kappa shape index (κ1) is 14.3. The van der Waals surface area contributed by atoms with E-state index >= 15 is 0 Å². The van der Waals surface area contributed by atoms with Crippen molar-refractivity contribution in [1.82, 2.24) is 9.80 Å². The third-order valence-corrected chi connectivity index (χ3v) is 3.83. The first-order chi connectivity index (χ1) is 7.76.